The fraction of sp³-hybridized carbons (Fsp3) is 0.423. The summed E-state index contributed by atoms with van der Waals surface area (Å²) >= 11 is 0. The van der Waals surface area contributed by atoms with Crippen molar-refractivity contribution in [3.05, 3.63) is 65.9 Å². The molecule has 1 amide bonds. The number of ether oxygens (including phenoxy) is 3. The van der Waals surface area contributed by atoms with Crippen LogP contribution in [0, 0.1) is 5.92 Å². The van der Waals surface area contributed by atoms with E-state index in [1.807, 2.05) is 69.3 Å². The van der Waals surface area contributed by atoms with Crippen LogP contribution in [0.15, 0.2) is 54.7 Å². The third kappa shape index (κ3) is 5.94. The van der Waals surface area contributed by atoms with Crippen molar-refractivity contribution >= 4 is 23.1 Å². The minimum atomic E-state index is -0.608. The van der Waals surface area contributed by atoms with E-state index in [0.29, 0.717) is 38.2 Å². The normalized spacial score (nSPS) is 16.8. The molecule has 2 aromatic carbocycles. The van der Waals surface area contributed by atoms with E-state index in [1.54, 1.807) is 11.1 Å². The fourth-order valence-corrected chi connectivity index (χ4v) is 4.03. The fourth-order valence-electron chi connectivity index (χ4n) is 4.03. The Bertz CT molecular complexity index is 1140. The quantitative estimate of drug-likeness (QED) is 0.558. The van der Waals surface area contributed by atoms with Crippen molar-refractivity contribution < 1.29 is 23.8 Å². The molecule has 1 aliphatic rings. The van der Waals surface area contributed by atoms with E-state index in [-0.39, 0.29) is 18.6 Å². The number of hydrogen-bond donors (Lipinski definition) is 0. The summed E-state index contributed by atoms with van der Waals surface area (Å²) in [7, 11) is 0. The van der Waals surface area contributed by atoms with Gasteiger partial charge in [-0.25, -0.2) is 9.59 Å². The Morgan fingerprint density at radius 1 is 1.09 bits per heavy atom. The van der Waals surface area contributed by atoms with Gasteiger partial charge in [-0.05, 0) is 44.4 Å². The lowest BCUT2D eigenvalue weighted by molar-refractivity contribution is 0.0522. The van der Waals surface area contributed by atoms with Gasteiger partial charge in [-0.15, -0.1) is 0 Å². The average molecular weight is 466 g/mol. The van der Waals surface area contributed by atoms with Crippen LogP contribution in [0.2, 0.25) is 0 Å². The molecule has 1 aliphatic heterocycles. The highest BCUT2D eigenvalue weighted by Crippen LogP contribution is 2.24. The average Bonchev–Trinajstić information content (AvgIpc) is 3.11. The highest BCUT2D eigenvalue weighted by Gasteiger charge is 2.25. The van der Waals surface area contributed by atoms with E-state index in [0.717, 1.165) is 16.5 Å². The zero-order valence-electron chi connectivity index (χ0n) is 19.9. The van der Waals surface area contributed by atoms with E-state index in [4.69, 9.17) is 14.2 Å². The summed E-state index contributed by atoms with van der Waals surface area (Å²) in [6, 6.07) is 15.4. The Kier molecular flexibility index (Phi) is 7.17. The lowest BCUT2D eigenvalue weighted by atomic mass is 9.97. The summed E-state index contributed by atoms with van der Waals surface area (Å²) in [5, 5.41) is 5.16. The van der Waals surface area contributed by atoms with Gasteiger partial charge in [-0.3, -0.25) is 0 Å². The van der Waals surface area contributed by atoms with Crippen molar-refractivity contribution in [2.45, 2.75) is 39.4 Å². The number of amides is 1. The molecule has 1 saturated heterocycles. The molecule has 4 rings (SSSR count). The summed E-state index contributed by atoms with van der Waals surface area (Å²) in [5.74, 6) is 0.0854. The summed E-state index contributed by atoms with van der Waals surface area (Å²) in [5.41, 5.74) is 2.08. The molecule has 0 aliphatic carbocycles. The molecule has 1 aromatic heterocycles. The number of carbonyl (C=O) groups is 2. The topological polar surface area (TPSA) is 82.9 Å². The summed E-state index contributed by atoms with van der Waals surface area (Å²) in [4.78, 5) is 27.0. The second-order valence-corrected chi connectivity index (χ2v) is 9.52. The van der Waals surface area contributed by atoms with Crippen LogP contribution in [0.5, 0.6) is 0 Å². The Morgan fingerprint density at radius 3 is 2.65 bits per heavy atom. The highest BCUT2D eigenvalue weighted by atomic mass is 16.6. The van der Waals surface area contributed by atoms with E-state index in [2.05, 4.69) is 5.10 Å². The SMILES string of the molecule is CC(C)(C)OC(=O)n1ncc2c(CC3COCCN(C(=O)OCc4ccccc4)C3)cccc21. The first-order valence-electron chi connectivity index (χ1n) is 11.5. The van der Waals surface area contributed by atoms with Gasteiger partial charge in [-0.2, -0.15) is 9.78 Å². The van der Waals surface area contributed by atoms with Crippen molar-refractivity contribution in [2.75, 3.05) is 26.3 Å². The number of carbonyl (C=O) groups excluding carboxylic acids is 2. The largest absolute Gasteiger partial charge is 0.445 e. The number of hydrogen-bond acceptors (Lipinski definition) is 6. The summed E-state index contributed by atoms with van der Waals surface area (Å²) in [6.07, 6.45) is 1.53. The van der Waals surface area contributed by atoms with E-state index < -0.39 is 11.7 Å². The Labute approximate surface area is 199 Å². The van der Waals surface area contributed by atoms with Gasteiger partial charge in [0.15, 0.2) is 0 Å². The summed E-state index contributed by atoms with van der Waals surface area (Å²) < 4.78 is 18.1. The van der Waals surface area contributed by atoms with E-state index in [9.17, 15) is 9.59 Å². The van der Waals surface area contributed by atoms with Crippen LogP contribution in [0.1, 0.15) is 31.9 Å². The van der Waals surface area contributed by atoms with Gasteiger partial charge in [0.05, 0.1) is 24.9 Å². The van der Waals surface area contributed by atoms with Crippen LogP contribution >= 0.6 is 0 Å². The second kappa shape index (κ2) is 10.3. The lowest BCUT2D eigenvalue weighted by Crippen LogP contribution is -2.36. The predicted molar refractivity (Wildman–Crippen MR) is 128 cm³/mol. The molecule has 3 aromatic rings. The molecule has 8 heteroatoms. The number of aromatic nitrogens is 2. The minimum Gasteiger partial charge on any atom is -0.445 e. The molecule has 2 heterocycles. The van der Waals surface area contributed by atoms with Crippen LogP contribution < -0.4 is 0 Å². The zero-order chi connectivity index (χ0) is 24.1. The molecule has 0 N–H and O–H groups in total. The van der Waals surface area contributed by atoms with Crippen LogP contribution in [-0.2, 0) is 27.2 Å². The van der Waals surface area contributed by atoms with Gasteiger partial charge in [0.25, 0.3) is 0 Å². The van der Waals surface area contributed by atoms with Crippen molar-refractivity contribution in [1.82, 2.24) is 14.7 Å². The Balaban J connectivity index is 1.44. The van der Waals surface area contributed by atoms with E-state index in [1.165, 1.54) is 4.68 Å². The standard InChI is InChI=1S/C26H31N3O5/c1-26(2,3)34-25(31)29-23-11-7-10-21(22(23)15-27-29)14-20-16-28(12-13-32-17-20)24(30)33-18-19-8-5-4-6-9-19/h4-11,15,20H,12-14,16-18H2,1-3H3. The van der Waals surface area contributed by atoms with Crippen LogP contribution in [-0.4, -0.2) is 58.8 Å². The number of benzene rings is 2. The van der Waals surface area contributed by atoms with Crippen molar-refractivity contribution in [3.8, 4) is 0 Å². The molecule has 34 heavy (non-hydrogen) atoms. The van der Waals surface area contributed by atoms with Gasteiger partial charge < -0.3 is 19.1 Å². The number of nitrogens with zero attached hydrogens (tertiary/aromatic N) is 3. The molecule has 1 unspecified atom stereocenters. The third-order valence-electron chi connectivity index (χ3n) is 5.58. The monoisotopic (exact) mass is 465 g/mol. The Hall–Kier alpha value is -3.39. The van der Waals surface area contributed by atoms with Crippen LogP contribution in [0.25, 0.3) is 10.9 Å². The smallest absolute Gasteiger partial charge is 0.435 e. The van der Waals surface area contributed by atoms with Crippen LogP contribution in [0.4, 0.5) is 9.59 Å². The molecular weight excluding hydrogens is 434 g/mol. The number of rotatable bonds is 4. The van der Waals surface area contributed by atoms with Crippen molar-refractivity contribution in [3.63, 3.8) is 0 Å². The molecule has 0 radical (unpaired) electrons. The zero-order valence-corrected chi connectivity index (χ0v) is 19.9. The predicted octanol–water partition coefficient (Wildman–Crippen LogP) is 4.65. The van der Waals surface area contributed by atoms with Gasteiger partial charge >= 0.3 is 12.2 Å². The maximum absolute atomic E-state index is 12.7. The molecule has 8 nitrogen and oxygen atoms in total. The molecule has 0 saturated carbocycles. The van der Waals surface area contributed by atoms with Gasteiger partial charge in [-0.1, -0.05) is 42.5 Å². The van der Waals surface area contributed by atoms with Gasteiger partial charge in [0.2, 0.25) is 0 Å². The maximum Gasteiger partial charge on any atom is 0.435 e. The first-order valence-corrected chi connectivity index (χ1v) is 11.5. The third-order valence-corrected chi connectivity index (χ3v) is 5.58. The first-order chi connectivity index (χ1) is 16.3. The maximum atomic E-state index is 12.7. The second-order valence-electron chi connectivity index (χ2n) is 9.52. The minimum absolute atomic E-state index is 0.0854. The highest BCUT2D eigenvalue weighted by molar-refractivity contribution is 5.89. The van der Waals surface area contributed by atoms with Crippen molar-refractivity contribution in [2.24, 2.45) is 5.92 Å². The van der Waals surface area contributed by atoms with E-state index >= 15 is 0 Å². The van der Waals surface area contributed by atoms with Gasteiger partial charge in [0, 0.05) is 24.4 Å². The first kappa shape index (κ1) is 23.8. The molecular formula is C26H31N3O5. The molecule has 1 fully saturated rings. The molecule has 180 valence electrons. The number of fused-ring (bicyclic) bond motifs is 1. The molecule has 0 bridgehead atoms. The van der Waals surface area contributed by atoms with Gasteiger partial charge in [0.1, 0.15) is 12.2 Å². The summed E-state index contributed by atoms with van der Waals surface area (Å²) in [6.45, 7) is 7.75. The van der Waals surface area contributed by atoms with Crippen molar-refractivity contribution in [1.29, 1.82) is 0 Å². The van der Waals surface area contributed by atoms with Crippen LogP contribution in [0.3, 0.4) is 0 Å². The lowest BCUT2D eigenvalue weighted by Gasteiger charge is -2.23. The molecule has 1 atom stereocenters. The molecule has 0 spiro atoms. The Morgan fingerprint density at radius 2 is 1.88 bits per heavy atom.